The van der Waals surface area contributed by atoms with Crippen molar-refractivity contribution in [2.24, 2.45) is 0 Å². The molecule has 1 aliphatic heterocycles. The lowest BCUT2D eigenvalue weighted by Gasteiger charge is -2.26. The van der Waals surface area contributed by atoms with Crippen molar-refractivity contribution < 1.29 is 14.0 Å². The maximum Gasteiger partial charge on any atom is 0.494 e. The fraction of sp³-hybridized carbons (Fsp3) is 0.250. The number of ether oxygens (including phenoxy) is 1. The van der Waals surface area contributed by atoms with Crippen LogP contribution in [0.25, 0.3) is 11.1 Å². The summed E-state index contributed by atoms with van der Waals surface area (Å²) < 4.78 is 16.5. The molecule has 1 saturated heterocycles. The predicted octanol–water partition coefficient (Wildman–Crippen LogP) is 3.42. The third-order valence-electron chi connectivity index (χ3n) is 3.64. The van der Waals surface area contributed by atoms with E-state index in [4.69, 9.17) is 37.2 Å². The first kappa shape index (κ1) is 15.8. The molecule has 114 valence electrons. The Morgan fingerprint density at radius 2 is 1.59 bits per heavy atom. The monoisotopic (exact) mass is 336 g/mol. The molecule has 0 saturated carbocycles. The van der Waals surface area contributed by atoms with Gasteiger partial charge in [-0.3, -0.25) is 0 Å². The maximum absolute atomic E-state index is 6.06. The topological polar surface area (TPSA) is 27.7 Å². The third-order valence-corrected chi connectivity index (χ3v) is 4.38. The molecule has 0 N–H and O–H groups in total. The summed E-state index contributed by atoms with van der Waals surface area (Å²) >= 11 is 12.0. The zero-order valence-corrected chi connectivity index (χ0v) is 13.6. The van der Waals surface area contributed by atoms with E-state index >= 15 is 0 Å². The molecule has 0 unspecified atom stereocenters. The molecule has 2 aromatic rings. The molecule has 6 heteroatoms. The molecule has 0 atom stereocenters. The first-order valence-electron chi connectivity index (χ1n) is 6.99. The Kier molecular flexibility index (Phi) is 5.06. The van der Waals surface area contributed by atoms with Crippen LogP contribution >= 0.6 is 23.2 Å². The molecule has 0 radical (unpaired) electrons. The second-order valence-corrected chi connectivity index (χ2v) is 5.92. The Morgan fingerprint density at radius 3 is 2.18 bits per heavy atom. The zero-order chi connectivity index (χ0) is 15.5. The van der Waals surface area contributed by atoms with Crippen LogP contribution in [0.2, 0.25) is 10.0 Å². The van der Waals surface area contributed by atoms with Gasteiger partial charge in [0.05, 0.1) is 23.3 Å². The van der Waals surface area contributed by atoms with Crippen molar-refractivity contribution in [2.45, 2.75) is 6.10 Å². The number of methoxy groups -OCH3 is 1. The van der Waals surface area contributed by atoms with Crippen LogP contribution in [-0.2, 0) is 14.0 Å². The van der Waals surface area contributed by atoms with E-state index in [2.05, 4.69) is 0 Å². The van der Waals surface area contributed by atoms with Gasteiger partial charge in [-0.15, -0.1) is 0 Å². The summed E-state index contributed by atoms with van der Waals surface area (Å²) in [5, 5.41) is 1.10. The number of rotatable bonds is 3. The normalized spacial score (nSPS) is 16.0. The van der Waals surface area contributed by atoms with Crippen molar-refractivity contribution in [1.29, 1.82) is 0 Å². The van der Waals surface area contributed by atoms with E-state index in [-0.39, 0.29) is 13.2 Å². The number of halogens is 2. The molecule has 0 amide bonds. The van der Waals surface area contributed by atoms with Gasteiger partial charge in [0.2, 0.25) is 0 Å². The smallest absolute Gasteiger partial charge is 0.404 e. The number of benzene rings is 2. The Labute approximate surface area is 140 Å². The van der Waals surface area contributed by atoms with E-state index in [1.807, 2.05) is 36.4 Å². The van der Waals surface area contributed by atoms with Crippen LogP contribution in [0, 0.1) is 0 Å². The second-order valence-electron chi connectivity index (χ2n) is 5.11. The molecule has 1 aliphatic rings. The second kappa shape index (κ2) is 7.03. The summed E-state index contributed by atoms with van der Waals surface area (Å²) in [6, 6.07) is 13.6. The molecule has 3 nitrogen and oxygen atoms in total. The van der Waals surface area contributed by atoms with Crippen LogP contribution in [0.3, 0.4) is 0 Å². The average molecular weight is 337 g/mol. The summed E-state index contributed by atoms with van der Waals surface area (Å²) in [4.78, 5) is 0. The molecule has 0 bridgehead atoms. The number of hydrogen-bond acceptors (Lipinski definition) is 3. The van der Waals surface area contributed by atoms with Crippen molar-refractivity contribution in [3.8, 4) is 11.1 Å². The van der Waals surface area contributed by atoms with Gasteiger partial charge in [0.15, 0.2) is 0 Å². The van der Waals surface area contributed by atoms with E-state index < -0.39 is 0 Å². The van der Waals surface area contributed by atoms with E-state index in [0.29, 0.717) is 23.3 Å². The molecule has 3 rings (SSSR count). The van der Waals surface area contributed by atoms with Crippen LogP contribution in [-0.4, -0.2) is 33.5 Å². The van der Waals surface area contributed by atoms with E-state index in [1.54, 1.807) is 13.2 Å². The molecule has 22 heavy (non-hydrogen) atoms. The summed E-state index contributed by atoms with van der Waals surface area (Å²) in [5.74, 6) is 0. The molecular weight excluding hydrogens is 322 g/mol. The zero-order valence-electron chi connectivity index (χ0n) is 12.1. The van der Waals surface area contributed by atoms with Gasteiger partial charge in [-0.1, -0.05) is 53.5 Å². The molecule has 2 aromatic carbocycles. The van der Waals surface area contributed by atoms with Gasteiger partial charge < -0.3 is 14.0 Å². The van der Waals surface area contributed by atoms with E-state index in [0.717, 1.165) is 16.6 Å². The first-order valence-corrected chi connectivity index (χ1v) is 7.74. The molecule has 0 aromatic heterocycles. The van der Waals surface area contributed by atoms with Gasteiger partial charge in [0.1, 0.15) is 6.10 Å². The lowest BCUT2D eigenvalue weighted by atomic mass is 9.77. The Morgan fingerprint density at radius 1 is 0.955 bits per heavy atom. The quantitative estimate of drug-likeness (QED) is 0.804. The molecular formula is C16H15BCl2O3. The first-order chi connectivity index (χ1) is 10.7. The minimum Gasteiger partial charge on any atom is -0.404 e. The molecule has 1 heterocycles. The van der Waals surface area contributed by atoms with E-state index in [1.165, 1.54) is 0 Å². The largest absolute Gasteiger partial charge is 0.494 e. The van der Waals surface area contributed by atoms with E-state index in [9.17, 15) is 0 Å². The van der Waals surface area contributed by atoms with Gasteiger partial charge in [-0.2, -0.15) is 0 Å². The maximum atomic E-state index is 6.06. The predicted molar refractivity (Wildman–Crippen MR) is 90.0 cm³/mol. The molecule has 1 fully saturated rings. The van der Waals surface area contributed by atoms with Crippen molar-refractivity contribution in [1.82, 2.24) is 0 Å². The highest BCUT2D eigenvalue weighted by molar-refractivity contribution is 6.61. The summed E-state index contributed by atoms with van der Waals surface area (Å²) in [6.45, 7) is 1.07. The molecule has 0 spiro atoms. The highest BCUT2D eigenvalue weighted by Crippen LogP contribution is 2.28. The van der Waals surface area contributed by atoms with Gasteiger partial charge in [0.25, 0.3) is 0 Å². The van der Waals surface area contributed by atoms with Crippen LogP contribution in [0.4, 0.5) is 0 Å². The third kappa shape index (κ3) is 3.48. The van der Waals surface area contributed by atoms with Crippen molar-refractivity contribution in [3.05, 3.63) is 52.5 Å². The van der Waals surface area contributed by atoms with Crippen LogP contribution in [0.5, 0.6) is 0 Å². The fourth-order valence-electron chi connectivity index (χ4n) is 2.32. The highest BCUT2D eigenvalue weighted by Gasteiger charge is 2.28. The van der Waals surface area contributed by atoms with Gasteiger partial charge in [0, 0.05) is 7.11 Å². The number of hydrogen-bond donors (Lipinski definition) is 0. The van der Waals surface area contributed by atoms with Crippen molar-refractivity contribution in [3.63, 3.8) is 0 Å². The standard InChI is InChI=1S/C16H15BCl2O3/c1-20-14-9-21-17(22-10-14)13-5-2-11(3-6-13)12-4-7-15(18)16(19)8-12/h2-8,14H,9-10H2,1H3. The SMILES string of the molecule is COC1COB(c2ccc(-c3ccc(Cl)c(Cl)c3)cc2)OC1. The van der Waals surface area contributed by atoms with Gasteiger partial charge >= 0.3 is 7.12 Å². The van der Waals surface area contributed by atoms with Gasteiger partial charge in [-0.05, 0) is 28.7 Å². The Bertz CT molecular complexity index is 640. The molecule has 0 aliphatic carbocycles. The van der Waals surface area contributed by atoms with Crippen molar-refractivity contribution in [2.75, 3.05) is 20.3 Å². The Balaban J connectivity index is 1.74. The fourth-order valence-corrected chi connectivity index (χ4v) is 2.62. The van der Waals surface area contributed by atoms with Gasteiger partial charge in [-0.25, -0.2) is 0 Å². The van der Waals surface area contributed by atoms with Crippen LogP contribution < -0.4 is 5.46 Å². The lowest BCUT2D eigenvalue weighted by Crippen LogP contribution is -2.46. The minimum absolute atomic E-state index is 0.00623. The van der Waals surface area contributed by atoms with Crippen molar-refractivity contribution >= 4 is 35.8 Å². The summed E-state index contributed by atoms with van der Waals surface area (Å²) in [7, 11) is 1.32. The summed E-state index contributed by atoms with van der Waals surface area (Å²) in [5.41, 5.74) is 3.07. The average Bonchev–Trinajstić information content (AvgIpc) is 2.58. The lowest BCUT2D eigenvalue weighted by molar-refractivity contribution is -0.0186. The minimum atomic E-state index is -0.339. The summed E-state index contributed by atoms with van der Waals surface area (Å²) in [6.07, 6.45) is 0.00623. The van der Waals surface area contributed by atoms with Crippen LogP contribution in [0.1, 0.15) is 0 Å². The Hall–Kier alpha value is -1.04. The van der Waals surface area contributed by atoms with Crippen LogP contribution in [0.15, 0.2) is 42.5 Å². The highest BCUT2D eigenvalue weighted by atomic mass is 35.5.